The van der Waals surface area contributed by atoms with Gasteiger partial charge in [0.25, 0.3) is 5.91 Å². The van der Waals surface area contributed by atoms with Crippen LogP contribution in [0.5, 0.6) is 11.5 Å². The number of methoxy groups -OCH3 is 2. The summed E-state index contributed by atoms with van der Waals surface area (Å²) in [6, 6.07) is 9.98. The van der Waals surface area contributed by atoms with Gasteiger partial charge in [0.2, 0.25) is 0 Å². The van der Waals surface area contributed by atoms with Crippen molar-refractivity contribution in [1.82, 2.24) is 5.32 Å². The molecule has 1 aliphatic rings. The Hall–Kier alpha value is -3.22. The van der Waals surface area contributed by atoms with Crippen LogP contribution >= 0.6 is 0 Å². The summed E-state index contributed by atoms with van der Waals surface area (Å²) in [4.78, 5) is 24.1. The first-order chi connectivity index (χ1) is 12.1. The SMILES string of the molecule is COc1ccc(NC(=O)Nc2ccc3c(c2)C(=O)NCC3)c(OC)c1. The van der Waals surface area contributed by atoms with Crippen LogP contribution in [-0.2, 0) is 6.42 Å². The van der Waals surface area contributed by atoms with Crippen molar-refractivity contribution in [2.24, 2.45) is 0 Å². The number of benzene rings is 2. The number of hydrogen-bond donors (Lipinski definition) is 3. The van der Waals surface area contributed by atoms with Gasteiger partial charge < -0.3 is 25.4 Å². The number of hydrogen-bond acceptors (Lipinski definition) is 4. The number of carbonyl (C=O) groups excluding carboxylic acids is 2. The molecule has 3 amide bonds. The van der Waals surface area contributed by atoms with Gasteiger partial charge in [-0.15, -0.1) is 0 Å². The second-order valence-electron chi connectivity index (χ2n) is 5.52. The van der Waals surface area contributed by atoms with Crippen molar-refractivity contribution in [2.75, 3.05) is 31.4 Å². The molecule has 7 nitrogen and oxygen atoms in total. The Bertz CT molecular complexity index is 820. The van der Waals surface area contributed by atoms with Gasteiger partial charge in [0, 0.05) is 23.9 Å². The summed E-state index contributed by atoms with van der Waals surface area (Å²) in [5, 5.41) is 8.23. The van der Waals surface area contributed by atoms with Gasteiger partial charge in [0.15, 0.2) is 0 Å². The highest BCUT2D eigenvalue weighted by molar-refractivity contribution is 6.02. The number of nitrogens with one attached hydrogen (secondary N) is 3. The molecule has 2 aromatic carbocycles. The minimum Gasteiger partial charge on any atom is -0.497 e. The van der Waals surface area contributed by atoms with E-state index in [9.17, 15) is 9.59 Å². The summed E-state index contributed by atoms with van der Waals surface area (Å²) in [5.74, 6) is 0.991. The number of carbonyl (C=O) groups is 2. The predicted molar refractivity (Wildman–Crippen MR) is 94.7 cm³/mol. The summed E-state index contributed by atoms with van der Waals surface area (Å²) < 4.78 is 10.4. The average Bonchev–Trinajstić information content (AvgIpc) is 2.62. The van der Waals surface area contributed by atoms with Crippen molar-refractivity contribution in [3.05, 3.63) is 47.5 Å². The molecule has 25 heavy (non-hydrogen) atoms. The normalized spacial score (nSPS) is 12.6. The first-order valence-corrected chi connectivity index (χ1v) is 7.82. The summed E-state index contributed by atoms with van der Waals surface area (Å²) in [6.07, 6.45) is 0.788. The van der Waals surface area contributed by atoms with E-state index in [1.54, 1.807) is 37.4 Å². The third kappa shape index (κ3) is 3.65. The zero-order chi connectivity index (χ0) is 17.8. The van der Waals surface area contributed by atoms with Gasteiger partial charge in [-0.05, 0) is 36.2 Å². The van der Waals surface area contributed by atoms with E-state index in [1.807, 2.05) is 6.07 Å². The number of amides is 3. The molecular formula is C18H19N3O4. The fourth-order valence-electron chi connectivity index (χ4n) is 2.68. The molecule has 2 aromatic rings. The monoisotopic (exact) mass is 341 g/mol. The molecule has 0 aliphatic carbocycles. The van der Waals surface area contributed by atoms with E-state index in [-0.39, 0.29) is 5.91 Å². The van der Waals surface area contributed by atoms with E-state index in [1.165, 1.54) is 7.11 Å². The Labute approximate surface area is 145 Å². The van der Waals surface area contributed by atoms with E-state index in [2.05, 4.69) is 16.0 Å². The van der Waals surface area contributed by atoms with E-state index < -0.39 is 6.03 Å². The molecule has 1 aliphatic heterocycles. The van der Waals surface area contributed by atoms with Crippen LogP contribution in [0, 0.1) is 0 Å². The minimum absolute atomic E-state index is 0.123. The van der Waals surface area contributed by atoms with Crippen molar-refractivity contribution < 1.29 is 19.1 Å². The van der Waals surface area contributed by atoms with Crippen LogP contribution in [0.2, 0.25) is 0 Å². The highest BCUT2D eigenvalue weighted by atomic mass is 16.5. The maximum Gasteiger partial charge on any atom is 0.323 e. The maximum absolute atomic E-state index is 12.2. The fraction of sp³-hybridized carbons (Fsp3) is 0.222. The average molecular weight is 341 g/mol. The second kappa shape index (κ2) is 7.12. The molecule has 0 unspecified atom stereocenters. The van der Waals surface area contributed by atoms with Crippen molar-refractivity contribution in [3.63, 3.8) is 0 Å². The Morgan fingerprint density at radius 1 is 1.08 bits per heavy atom. The lowest BCUT2D eigenvalue weighted by Gasteiger charge is -2.17. The van der Waals surface area contributed by atoms with Crippen molar-refractivity contribution in [2.45, 2.75) is 6.42 Å². The molecule has 7 heteroatoms. The van der Waals surface area contributed by atoms with Gasteiger partial charge in [-0.2, -0.15) is 0 Å². The predicted octanol–water partition coefficient (Wildman–Crippen LogP) is 2.63. The van der Waals surface area contributed by atoms with Crippen LogP contribution in [0.3, 0.4) is 0 Å². The third-order valence-electron chi connectivity index (χ3n) is 3.95. The van der Waals surface area contributed by atoms with Crippen LogP contribution in [0.1, 0.15) is 15.9 Å². The molecular weight excluding hydrogens is 322 g/mol. The molecule has 130 valence electrons. The van der Waals surface area contributed by atoms with Gasteiger partial charge in [-0.1, -0.05) is 6.07 Å². The number of anilines is 2. The Morgan fingerprint density at radius 3 is 2.68 bits per heavy atom. The highest BCUT2D eigenvalue weighted by Gasteiger charge is 2.17. The molecule has 1 heterocycles. The lowest BCUT2D eigenvalue weighted by molar-refractivity contribution is 0.0946. The molecule has 3 rings (SSSR count). The molecule has 0 bridgehead atoms. The molecule has 0 saturated heterocycles. The minimum atomic E-state index is -0.431. The molecule has 0 spiro atoms. The summed E-state index contributed by atoms with van der Waals surface area (Å²) in [6.45, 7) is 0.635. The van der Waals surface area contributed by atoms with Gasteiger partial charge in [-0.25, -0.2) is 4.79 Å². The summed E-state index contributed by atoms with van der Waals surface area (Å²) >= 11 is 0. The van der Waals surface area contributed by atoms with Crippen LogP contribution in [-0.4, -0.2) is 32.7 Å². The topological polar surface area (TPSA) is 88.7 Å². The third-order valence-corrected chi connectivity index (χ3v) is 3.95. The Kier molecular flexibility index (Phi) is 4.74. The number of rotatable bonds is 4. The zero-order valence-corrected chi connectivity index (χ0v) is 14.0. The van der Waals surface area contributed by atoms with Gasteiger partial charge in [-0.3, -0.25) is 4.79 Å². The van der Waals surface area contributed by atoms with E-state index in [0.29, 0.717) is 35.0 Å². The molecule has 0 atom stereocenters. The van der Waals surface area contributed by atoms with Crippen molar-refractivity contribution >= 4 is 23.3 Å². The smallest absolute Gasteiger partial charge is 0.323 e. The second-order valence-corrected chi connectivity index (χ2v) is 5.52. The number of urea groups is 1. The molecule has 0 saturated carbocycles. The van der Waals surface area contributed by atoms with Gasteiger partial charge in [0.1, 0.15) is 11.5 Å². The first-order valence-electron chi connectivity index (χ1n) is 7.82. The molecule has 3 N–H and O–H groups in total. The quantitative estimate of drug-likeness (QED) is 0.798. The standard InChI is InChI=1S/C18H19N3O4/c1-24-13-5-6-15(16(10-13)25-2)21-18(23)20-12-4-3-11-7-8-19-17(22)14(11)9-12/h3-6,9-10H,7-8H2,1-2H3,(H,19,22)(H2,20,21,23). The highest BCUT2D eigenvalue weighted by Crippen LogP contribution is 2.29. The van der Waals surface area contributed by atoms with Crippen LogP contribution in [0.15, 0.2) is 36.4 Å². The zero-order valence-electron chi connectivity index (χ0n) is 14.0. The number of fused-ring (bicyclic) bond motifs is 1. The Morgan fingerprint density at radius 2 is 1.92 bits per heavy atom. The maximum atomic E-state index is 12.2. The van der Waals surface area contributed by atoms with Gasteiger partial charge in [0.05, 0.1) is 19.9 Å². The summed E-state index contributed by atoms with van der Waals surface area (Å²) in [5.41, 5.74) is 2.62. The van der Waals surface area contributed by atoms with E-state index >= 15 is 0 Å². The molecule has 0 aromatic heterocycles. The summed E-state index contributed by atoms with van der Waals surface area (Å²) in [7, 11) is 3.07. The molecule has 0 fully saturated rings. The molecule has 0 radical (unpaired) electrons. The van der Waals surface area contributed by atoms with Crippen molar-refractivity contribution in [1.29, 1.82) is 0 Å². The lowest BCUT2D eigenvalue weighted by atomic mass is 10.00. The van der Waals surface area contributed by atoms with Crippen LogP contribution < -0.4 is 25.4 Å². The lowest BCUT2D eigenvalue weighted by Crippen LogP contribution is -2.32. The van der Waals surface area contributed by atoms with Crippen LogP contribution in [0.4, 0.5) is 16.2 Å². The van der Waals surface area contributed by atoms with Gasteiger partial charge >= 0.3 is 6.03 Å². The van der Waals surface area contributed by atoms with E-state index in [4.69, 9.17) is 9.47 Å². The fourth-order valence-corrected chi connectivity index (χ4v) is 2.68. The number of ether oxygens (including phenoxy) is 2. The van der Waals surface area contributed by atoms with E-state index in [0.717, 1.165) is 12.0 Å². The first kappa shape index (κ1) is 16.6. The largest absolute Gasteiger partial charge is 0.497 e. The van der Waals surface area contributed by atoms with Crippen LogP contribution in [0.25, 0.3) is 0 Å². The Balaban J connectivity index is 1.73. The van der Waals surface area contributed by atoms with Crippen molar-refractivity contribution in [3.8, 4) is 11.5 Å².